The Morgan fingerprint density at radius 2 is 2.43 bits per heavy atom. The molecule has 0 aliphatic rings. The van der Waals surface area contributed by atoms with Crippen LogP contribution in [0.3, 0.4) is 0 Å². The molecule has 78 valence electrons. The maximum Gasteiger partial charge on any atom is 0.153 e. The molecular weight excluding hydrogens is 180 g/mol. The SMILES string of the molecule is CCCc1cn[nH]c1/N=C(/CC)NO. The average Bonchev–Trinajstić information content (AvgIpc) is 2.62. The van der Waals surface area contributed by atoms with Gasteiger partial charge >= 0.3 is 0 Å². The highest BCUT2D eigenvalue weighted by Gasteiger charge is 2.03. The van der Waals surface area contributed by atoms with E-state index < -0.39 is 0 Å². The van der Waals surface area contributed by atoms with Crippen molar-refractivity contribution in [1.29, 1.82) is 0 Å². The van der Waals surface area contributed by atoms with Crippen LogP contribution in [-0.2, 0) is 6.42 Å². The topological polar surface area (TPSA) is 73.3 Å². The van der Waals surface area contributed by atoms with Crippen LogP contribution in [0.1, 0.15) is 32.3 Å². The Morgan fingerprint density at radius 3 is 3.00 bits per heavy atom. The van der Waals surface area contributed by atoms with E-state index in [1.165, 1.54) is 0 Å². The summed E-state index contributed by atoms with van der Waals surface area (Å²) in [5.41, 5.74) is 3.14. The molecule has 0 aliphatic heterocycles. The molecule has 0 unspecified atom stereocenters. The predicted molar refractivity (Wildman–Crippen MR) is 54.9 cm³/mol. The fourth-order valence-electron chi connectivity index (χ4n) is 1.17. The van der Waals surface area contributed by atoms with Crippen molar-refractivity contribution in [3.8, 4) is 0 Å². The van der Waals surface area contributed by atoms with Gasteiger partial charge in [0.1, 0.15) is 5.84 Å². The molecule has 0 bridgehead atoms. The molecule has 5 nitrogen and oxygen atoms in total. The van der Waals surface area contributed by atoms with Gasteiger partial charge in [0.15, 0.2) is 5.82 Å². The molecule has 0 aliphatic carbocycles. The van der Waals surface area contributed by atoms with E-state index in [4.69, 9.17) is 5.21 Å². The summed E-state index contributed by atoms with van der Waals surface area (Å²) in [5, 5.41) is 15.5. The Labute approximate surface area is 83.2 Å². The monoisotopic (exact) mass is 196 g/mol. The minimum Gasteiger partial charge on any atom is -0.290 e. The smallest absolute Gasteiger partial charge is 0.153 e. The quantitative estimate of drug-likeness (QED) is 0.390. The number of amidine groups is 1. The van der Waals surface area contributed by atoms with Crippen LogP contribution in [-0.4, -0.2) is 21.2 Å². The predicted octanol–water partition coefficient (Wildman–Crippen LogP) is 1.78. The molecule has 1 aromatic rings. The second kappa shape index (κ2) is 5.39. The Bertz CT molecular complexity index is 300. The second-order valence-corrected chi connectivity index (χ2v) is 3.02. The van der Waals surface area contributed by atoms with Crippen LogP contribution >= 0.6 is 0 Å². The number of nitrogens with one attached hydrogen (secondary N) is 2. The number of aryl methyl sites for hydroxylation is 1. The molecule has 5 heteroatoms. The van der Waals surface area contributed by atoms with Gasteiger partial charge in [-0.25, -0.2) is 4.99 Å². The lowest BCUT2D eigenvalue weighted by Gasteiger charge is -2.00. The first kappa shape index (κ1) is 10.7. The average molecular weight is 196 g/mol. The largest absolute Gasteiger partial charge is 0.290 e. The molecule has 3 N–H and O–H groups in total. The molecule has 0 fully saturated rings. The normalized spacial score (nSPS) is 11.8. The summed E-state index contributed by atoms with van der Waals surface area (Å²) in [7, 11) is 0. The zero-order valence-electron chi connectivity index (χ0n) is 8.54. The van der Waals surface area contributed by atoms with Gasteiger partial charge in [0.05, 0.1) is 6.20 Å². The third-order valence-corrected chi connectivity index (χ3v) is 1.93. The Kier molecular flexibility index (Phi) is 4.12. The molecule has 0 spiro atoms. The molecule has 0 radical (unpaired) electrons. The van der Waals surface area contributed by atoms with Crippen molar-refractivity contribution in [2.24, 2.45) is 4.99 Å². The fourth-order valence-corrected chi connectivity index (χ4v) is 1.17. The van der Waals surface area contributed by atoms with E-state index in [0.717, 1.165) is 24.2 Å². The van der Waals surface area contributed by atoms with Gasteiger partial charge in [-0.3, -0.25) is 15.8 Å². The highest BCUT2D eigenvalue weighted by atomic mass is 16.5. The van der Waals surface area contributed by atoms with Crippen molar-refractivity contribution in [2.45, 2.75) is 33.1 Å². The van der Waals surface area contributed by atoms with Gasteiger partial charge in [-0.15, -0.1) is 0 Å². The second-order valence-electron chi connectivity index (χ2n) is 3.02. The molecule has 0 saturated heterocycles. The lowest BCUT2D eigenvalue weighted by Crippen LogP contribution is -2.17. The molecule has 0 saturated carbocycles. The maximum atomic E-state index is 8.73. The first-order valence-electron chi connectivity index (χ1n) is 4.81. The highest BCUT2D eigenvalue weighted by molar-refractivity contribution is 5.83. The summed E-state index contributed by atoms with van der Waals surface area (Å²) in [5.74, 6) is 1.26. The van der Waals surface area contributed by atoms with Crippen molar-refractivity contribution in [3.63, 3.8) is 0 Å². The van der Waals surface area contributed by atoms with Crippen molar-refractivity contribution >= 4 is 11.7 Å². The van der Waals surface area contributed by atoms with Crippen LogP contribution in [0.5, 0.6) is 0 Å². The summed E-state index contributed by atoms with van der Waals surface area (Å²) in [6.45, 7) is 4.02. The van der Waals surface area contributed by atoms with Crippen molar-refractivity contribution in [1.82, 2.24) is 15.7 Å². The van der Waals surface area contributed by atoms with E-state index in [9.17, 15) is 0 Å². The van der Waals surface area contributed by atoms with E-state index >= 15 is 0 Å². The molecule has 1 rings (SSSR count). The third-order valence-electron chi connectivity index (χ3n) is 1.93. The lowest BCUT2D eigenvalue weighted by atomic mass is 10.2. The summed E-state index contributed by atoms with van der Waals surface area (Å²) < 4.78 is 0. The highest BCUT2D eigenvalue weighted by Crippen LogP contribution is 2.16. The number of hydrogen-bond acceptors (Lipinski definition) is 3. The number of aromatic amines is 1. The van der Waals surface area contributed by atoms with E-state index in [1.807, 2.05) is 6.92 Å². The van der Waals surface area contributed by atoms with E-state index in [0.29, 0.717) is 12.3 Å². The van der Waals surface area contributed by atoms with Gasteiger partial charge in [0.2, 0.25) is 0 Å². The standard InChI is InChI=1S/C9H16N4O/c1-3-5-7-6-10-12-9(7)11-8(4-2)13-14/h6,14H,3-5H2,1-2H3,(H2,10,11,12,13). The van der Waals surface area contributed by atoms with E-state index in [-0.39, 0.29) is 0 Å². The third kappa shape index (κ3) is 2.56. The molecule has 1 heterocycles. The number of hydroxylamine groups is 1. The number of nitrogens with zero attached hydrogens (tertiary/aromatic N) is 2. The zero-order valence-corrected chi connectivity index (χ0v) is 8.54. The van der Waals surface area contributed by atoms with E-state index in [1.54, 1.807) is 6.20 Å². The van der Waals surface area contributed by atoms with Gasteiger partial charge in [-0.2, -0.15) is 5.10 Å². The lowest BCUT2D eigenvalue weighted by molar-refractivity contribution is 0.232. The molecule has 0 atom stereocenters. The first-order valence-corrected chi connectivity index (χ1v) is 4.81. The summed E-state index contributed by atoms with van der Waals surface area (Å²) in [6.07, 6.45) is 4.42. The van der Waals surface area contributed by atoms with Crippen LogP contribution in [0, 0.1) is 0 Å². The van der Waals surface area contributed by atoms with Gasteiger partial charge in [0, 0.05) is 12.0 Å². The Hall–Kier alpha value is -1.36. The number of rotatable bonds is 4. The molecule has 1 aromatic heterocycles. The summed E-state index contributed by atoms with van der Waals surface area (Å²) in [4.78, 5) is 4.21. The van der Waals surface area contributed by atoms with Crippen molar-refractivity contribution < 1.29 is 5.21 Å². The molecule has 0 amide bonds. The van der Waals surface area contributed by atoms with Gasteiger partial charge < -0.3 is 0 Å². The van der Waals surface area contributed by atoms with Crippen LogP contribution in [0.15, 0.2) is 11.2 Å². The molecular formula is C9H16N4O. The van der Waals surface area contributed by atoms with Gasteiger partial charge in [0.25, 0.3) is 0 Å². The van der Waals surface area contributed by atoms with Gasteiger partial charge in [-0.05, 0) is 6.42 Å². The number of H-pyrrole nitrogens is 1. The molecule has 14 heavy (non-hydrogen) atoms. The first-order chi connectivity index (χ1) is 6.81. The maximum absolute atomic E-state index is 8.73. The van der Waals surface area contributed by atoms with Crippen molar-refractivity contribution in [2.75, 3.05) is 0 Å². The van der Waals surface area contributed by atoms with Crippen LogP contribution < -0.4 is 5.48 Å². The number of hydrogen-bond donors (Lipinski definition) is 3. The minimum absolute atomic E-state index is 0.534. The fraction of sp³-hybridized carbons (Fsp3) is 0.556. The summed E-state index contributed by atoms with van der Waals surface area (Å²) in [6, 6.07) is 0. The van der Waals surface area contributed by atoms with Gasteiger partial charge in [-0.1, -0.05) is 20.3 Å². The number of aromatic nitrogens is 2. The minimum atomic E-state index is 0.534. The van der Waals surface area contributed by atoms with Crippen molar-refractivity contribution in [3.05, 3.63) is 11.8 Å². The van der Waals surface area contributed by atoms with E-state index in [2.05, 4.69) is 27.6 Å². The molecule has 0 aromatic carbocycles. The van der Waals surface area contributed by atoms with Crippen LogP contribution in [0.2, 0.25) is 0 Å². The Morgan fingerprint density at radius 1 is 1.64 bits per heavy atom. The number of aliphatic imine (C=N–C) groups is 1. The Balaban J connectivity index is 2.83. The summed E-state index contributed by atoms with van der Waals surface area (Å²) >= 11 is 0. The van der Waals surface area contributed by atoms with Crippen LogP contribution in [0.4, 0.5) is 5.82 Å². The van der Waals surface area contributed by atoms with Crippen LogP contribution in [0.25, 0.3) is 0 Å². The zero-order chi connectivity index (χ0) is 10.4.